The van der Waals surface area contributed by atoms with Crippen molar-refractivity contribution in [1.82, 2.24) is 0 Å². The van der Waals surface area contributed by atoms with Gasteiger partial charge in [-0.25, -0.2) is 8.42 Å². The zero-order valence-electron chi connectivity index (χ0n) is 37.6. The van der Waals surface area contributed by atoms with Gasteiger partial charge >= 0.3 is 65.1 Å². The molecule has 2 amide bonds. The number of ketones is 2. The molecular formula is C44H41ClN4Na2O14S2. The third kappa shape index (κ3) is 16.4. The summed E-state index contributed by atoms with van der Waals surface area (Å²) in [5, 5.41) is 28.9. The van der Waals surface area contributed by atoms with Crippen molar-refractivity contribution in [2.24, 2.45) is 15.6 Å². The predicted molar refractivity (Wildman–Crippen MR) is 235 cm³/mol. The van der Waals surface area contributed by atoms with E-state index < -0.39 is 50.1 Å². The largest absolute Gasteiger partial charge is 1.00 e. The summed E-state index contributed by atoms with van der Waals surface area (Å²) in [7, 11) is -5.08. The van der Waals surface area contributed by atoms with Crippen LogP contribution in [0.4, 0.5) is 22.7 Å². The molecule has 1 unspecified atom stereocenters. The van der Waals surface area contributed by atoms with E-state index in [1.165, 1.54) is 49.4 Å². The number of hydrogen-bond donors (Lipinski definition) is 2. The Morgan fingerprint density at radius 2 is 1.49 bits per heavy atom. The molecule has 23 heteroatoms. The Morgan fingerprint density at radius 3 is 2.09 bits per heavy atom. The van der Waals surface area contributed by atoms with Gasteiger partial charge < -0.3 is 39.4 Å². The Hall–Kier alpha value is -4.26. The summed E-state index contributed by atoms with van der Waals surface area (Å²) >= 11 is 6.65. The molecule has 0 fully saturated rings. The molecule has 0 saturated carbocycles. The van der Waals surface area contributed by atoms with E-state index in [4.69, 9.17) is 25.8 Å². The van der Waals surface area contributed by atoms with E-state index >= 15 is 0 Å². The van der Waals surface area contributed by atoms with Crippen LogP contribution in [0.15, 0.2) is 105 Å². The molecule has 0 aliphatic heterocycles. The standard InChI is InChI=1S/C44H43ClN4O14S2.2Na/c1-24-7-17-33(45)34(19-24)47-43(54)41(42(53)44(4,5)6)61-31-15-11-29(12-16-31)48-49-39-36(64-63-62-55)21-28-20-32(65(56,57)58)22-35(46-26(3)51)38(28)40(39)59-23-27-9-13-30(14-10-27)60-37(52)18-8-25(2)50;;/h7,9-17,19-22,41,55H,8,18,23H2,1-6H3,(H,46,51)(H,47,54)(H,56,57,58);;/q;2*+1/p-2. The number of benzene rings is 5. The summed E-state index contributed by atoms with van der Waals surface area (Å²) in [6.45, 7) is 9.04. The maximum Gasteiger partial charge on any atom is 1.00 e. The first kappa shape index (κ1) is 57.1. The van der Waals surface area contributed by atoms with Gasteiger partial charge in [-0.05, 0) is 97.1 Å². The molecule has 342 valence electrons. The Morgan fingerprint density at radius 1 is 0.836 bits per heavy atom. The van der Waals surface area contributed by atoms with Crippen molar-refractivity contribution in [3.8, 4) is 17.2 Å². The first-order chi connectivity index (χ1) is 30.6. The maximum atomic E-state index is 13.5. The Kier molecular flexibility index (Phi) is 21.6. The zero-order chi connectivity index (χ0) is 47.6. The summed E-state index contributed by atoms with van der Waals surface area (Å²) in [5.74, 6) is -2.51. The van der Waals surface area contributed by atoms with Crippen LogP contribution in [0, 0.1) is 12.3 Å². The van der Waals surface area contributed by atoms with E-state index in [0.717, 1.165) is 24.6 Å². The van der Waals surface area contributed by atoms with Crippen LogP contribution in [0.2, 0.25) is 5.02 Å². The van der Waals surface area contributed by atoms with Gasteiger partial charge in [0.2, 0.25) is 12.0 Å². The maximum absolute atomic E-state index is 13.5. The van der Waals surface area contributed by atoms with Gasteiger partial charge in [0.25, 0.3) is 5.91 Å². The smallest absolute Gasteiger partial charge is 0.744 e. The Labute approximate surface area is 439 Å². The van der Waals surface area contributed by atoms with Crippen molar-refractivity contribution in [2.75, 3.05) is 10.6 Å². The monoisotopic (exact) mass is 994 g/mol. The minimum Gasteiger partial charge on any atom is -0.744 e. The number of carbonyl (C=O) groups excluding carboxylic acids is 5. The first-order valence-corrected chi connectivity index (χ1v) is 21.9. The number of halogens is 1. The fourth-order valence-corrected chi connectivity index (χ4v) is 7.07. The quantitative estimate of drug-likeness (QED) is 0.0138. The number of hydrogen-bond acceptors (Lipinski definition) is 17. The summed E-state index contributed by atoms with van der Waals surface area (Å²) in [6, 6.07) is 20.2. The van der Waals surface area contributed by atoms with E-state index in [-0.39, 0.29) is 139 Å². The third-order valence-electron chi connectivity index (χ3n) is 9.03. The number of nitrogens with one attached hydrogen (secondary N) is 2. The second kappa shape index (κ2) is 25.4. The number of amides is 2. The molecule has 2 N–H and O–H groups in total. The summed E-state index contributed by atoms with van der Waals surface area (Å²) in [5.41, 5.74) is 0.556. The minimum atomic E-state index is -5.08. The number of fused-ring (bicyclic) bond motifs is 1. The SMILES string of the molecule is CC(=O)CCC(=O)Oc1ccc(COc2c(N=Nc3ccc(OC(C(=O)Nc4cc(C)ccc4Cl)C(=O)C(C)(C)C)cc3)c(SOO[O-])cc3cc(S(=O)(=O)[O-])cc(NC(C)=O)c23)cc1.[Na+].[Na+]. The summed E-state index contributed by atoms with van der Waals surface area (Å²) in [4.78, 5) is 62.1. The van der Waals surface area contributed by atoms with Crippen LogP contribution in [0.1, 0.15) is 58.6 Å². The topological polar surface area (TPSA) is 261 Å². The molecule has 0 aliphatic carbocycles. The summed E-state index contributed by atoms with van der Waals surface area (Å²) < 4.78 is 58.9. The summed E-state index contributed by atoms with van der Waals surface area (Å²) in [6.07, 6.45) is -1.67. The average molecular weight is 995 g/mol. The molecule has 0 aromatic heterocycles. The van der Waals surface area contributed by atoms with Gasteiger partial charge in [0, 0.05) is 24.1 Å². The van der Waals surface area contributed by atoms with Crippen molar-refractivity contribution in [1.29, 1.82) is 0 Å². The number of Topliss-reactive ketones (excluding diaryl/α,β-unsaturated/α-hetero) is 2. The van der Waals surface area contributed by atoms with Crippen LogP contribution >= 0.6 is 23.6 Å². The van der Waals surface area contributed by atoms with Crippen molar-refractivity contribution in [2.45, 2.75) is 76.9 Å². The van der Waals surface area contributed by atoms with Crippen LogP contribution in [-0.2, 0) is 50.1 Å². The van der Waals surface area contributed by atoms with E-state index in [1.54, 1.807) is 51.1 Å². The number of carbonyl (C=O) groups is 5. The molecule has 1 atom stereocenters. The van der Waals surface area contributed by atoms with Crippen LogP contribution in [-0.4, -0.2) is 48.4 Å². The van der Waals surface area contributed by atoms with Crippen LogP contribution in [0.25, 0.3) is 10.8 Å². The molecule has 0 radical (unpaired) electrons. The molecule has 5 aromatic rings. The molecule has 0 heterocycles. The van der Waals surface area contributed by atoms with Crippen LogP contribution in [0.3, 0.4) is 0 Å². The molecule has 0 bridgehead atoms. The zero-order valence-corrected chi connectivity index (χ0v) is 44.0. The van der Waals surface area contributed by atoms with Crippen molar-refractivity contribution in [3.63, 3.8) is 0 Å². The second-order valence-corrected chi connectivity index (χ2v) is 17.9. The number of nitrogens with zero attached hydrogens (tertiary/aromatic N) is 2. The molecule has 0 saturated heterocycles. The fraction of sp³-hybridized carbons (Fsp3) is 0.250. The average Bonchev–Trinajstić information content (AvgIpc) is 3.23. The molecule has 5 aromatic carbocycles. The van der Waals surface area contributed by atoms with E-state index in [9.17, 15) is 42.2 Å². The number of rotatable bonds is 19. The number of anilines is 2. The number of aryl methyl sites for hydroxylation is 1. The van der Waals surface area contributed by atoms with Crippen molar-refractivity contribution < 1.29 is 125 Å². The first-order valence-electron chi connectivity index (χ1n) is 19.4. The normalized spacial score (nSPS) is 11.8. The van der Waals surface area contributed by atoms with Gasteiger partial charge in [-0.2, -0.15) is 9.45 Å². The molecular weight excluding hydrogens is 954 g/mol. The van der Waals surface area contributed by atoms with E-state index in [2.05, 4.69) is 30.2 Å². The molecule has 67 heavy (non-hydrogen) atoms. The van der Waals surface area contributed by atoms with Crippen LogP contribution in [0.5, 0.6) is 17.2 Å². The van der Waals surface area contributed by atoms with Gasteiger partial charge in [-0.15, -0.1) is 5.11 Å². The van der Waals surface area contributed by atoms with Gasteiger partial charge in [-0.3, -0.25) is 24.2 Å². The predicted octanol–water partition coefficient (Wildman–Crippen LogP) is 2.17. The van der Waals surface area contributed by atoms with Gasteiger partial charge in [-0.1, -0.05) is 50.6 Å². The molecule has 5 rings (SSSR count). The van der Waals surface area contributed by atoms with Crippen molar-refractivity contribution >= 4 is 96.6 Å². The van der Waals surface area contributed by atoms with Crippen molar-refractivity contribution in [3.05, 3.63) is 101 Å². The fourth-order valence-electron chi connectivity index (χ4n) is 5.88. The Balaban J connectivity index is 0.00000595. The number of ether oxygens (including phenoxy) is 3. The van der Waals surface area contributed by atoms with E-state index in [1.807, 2.05) is 6.92 Å². The number of esters is 1. The van der Waals surface area contributed by atoms with Gasteiger partial charge in [0.15, 0.2) is 11.5 Å². The van der Waals surface area contributed by atoms with Crippen LogP contribution < -0.4 is 89.2 Å². The second-order valence-electron chi connectivity index (χ2n) is 15.4. The van der Waals surface area contributed by atoms with Gasteiger partial charge in [0.05, 0.1) is 50.3 Å². The molecule has 0 spiro atoms. The van der Waals surface area contributed by atoms with E-state index in [0.29, 0.717) is 23.3 Å². The number of azo groups is 1. The van der Waals surface area contributed by atoms with Gasteiger partial charge in [0.1, 0.15) is 39.7 Å². The minimum absolute atomic E-state index is 0. The Bertz CT molecular complexity index is 2770. The molecule has 18 nitrogen and oxygen atoms in total. The molecule has 0 aliphatic rings. The third-order valence-corrected chi connectivity index (χ3v) is 10.8.